The van der Waals surface area contributed by atoms with E-state index in [9.17, 15) is 4.79 Å². The average Bonchev–Trinajstić information content (AvgIpc) is 3.16. The summed E-state index contributed by atoms with van der Waals surface area (Å²) in [6.45, 7) is 1.73. The quantitative estimate of drug-likeness (QED) is 0.811. The van der Waals surface area contributed by atoms with Crippen molar-refractivity contribution in [2.45, 2.75) is 6.42 Å². The molecule has 0 saturated carbocycles. The summed E-state index contributed by atoms with van der Waals surface area (Å²) in [5.41, 5.74) is 2.43. The smallest absolute Gasteiger partial charge is 0.358 e. The van der Waals surface area contributed by atoms with E-state index < -0.39 is 5.97 Å². The number of ether oxygens (including phenoxy) is 1. The van der Waals surface area contributed by atoms with E-state index in [0.29, 0.717) is 5.69 Å². The summed E-state index contributed by atoms with van der Waals surface area (Å²) in [4.78, 5) is 18.2. The van der Waals surface area contributed by atoms with Gasteiger partial charge in [-0.1, -0.05) is 6.08 Å². The van der Waals surface area contributed by atoms with Crippen molar-refractivity contribution in [1.82, 2.24) is 14.8 Å². The number of methoxy groups -OCH3 is 1. The Kier molecular flexibility index (Phi) is 3.74. The number of rotatable bonds is 3. The fourth-order valence-corrected chi connectivity index (χ4v) is 3.11. The molecule has 21 heavy (non-hydrogen) atoms. The van der Waals surface area contributed by atoms with Gasteiger partial charge in [-0.05, 0) is 18.1 Å². The normalized spacial score (nSPS) is 15.0. The van der Waals surface area contributed by atoms with Crippen molar-refractivity contribution in [1.29, 1.82) is 0 Å². The molecule has 7 heteroatoms. The number of carbonyl (C=O) groups excluding carboxylic acids is 1. The van der Waals surface area contributed by atoms with Crippen molar-refractivity contribution in [2.75, 3.05) is 25.1 Å². The Bertz CT molecular complexity index is 675. The second kappa shape index (κ2) is 5.69. The van der Waals surface area contributed by atoms with Gasteiger partial charge < -0.3 is 9.64 Å². The minimum atomic E-state index is -0.412. The highest BCUT2D eigenvalue weighted by atomic mass is 32.1. The van der Waals surface area contributed by atoms with Crippen LogP contribution in [0, 0.1) is 0 Å². The number of hydrogen-bond donors (Lipinski definition) is 0. The molecule has 1 aliphatic rings. The first-order chi connectivity index (χ1) is 10.2. The summed E-state index contributed by atoms with van der Waals surface area (Å²) in [5, 5.41) is 7.22. The molecule has 1 aliphatic heterocycles. The van der Waals surface area contributed by atoms with Crippen molar-refractivity contribution in [3.05, 3.63) is 35.1 Å². The number of anilines is 1. The Morgan fingerprint density at radius 2 is 2.33 bits per heavy atom. The second-order valence-corrected chi connectivity index (χ2v) is 5.66. The van der Waals surface area contributed by atoms with Gasteiger partial charge in [0.25, 0.3) is 0 Å². The molecule has 2 aromatic heterocycles. The van der Waals surface area contributed by atoms with E-state index in [4.69, 9.17) is 4.74 Å². The Morgan fingerprint density at radius 3 is 3.05 bits per heavy atom. The third-order valence-corrected chi connectivity index (χ3v) is 4.28. The van der Waals surface area contributed by atoms with E-state index in [1.165, 1.54) is 7.11 Å². The standard InChI is InChI=1S/C14H16N4O2S/c1-17-12(8-11(16-17)13(19)20-2)10-4-3-6-18(9-10)14-15-5-7-21-14/h4-5,7-8H,3,6,9H2,1-2H3. The summed E-state index contributed by atoms with van der Waals surface area (Å²) in [6.07, 6.45) is 4.97. The molecule has 3 rings (SSSR count). The molecule has 0 aromatic carbocycles. The third-order valence-electron chi connectivity index (χ3n) is 3.44. The van der Waals surface area contributed by atoms with Gasteiger partial charge in [0.2, 0.25) is 0 Å². The Hall–Kier alpha value is -2.15. The lowest BCUT2D eigenvalue weighted by Crippen LogP contribution is -2.29. The highest BCUT2D eigenvalue weighted by molar-refractivity contribution is 7.13. The van der Waals surface area contributed by atoms with Gasteiger partial charge in [-0.3, -0.25) is 4.68 Å². The van der Waals surface area contributed by atoms with E-state index in [1.54, 1.807) is 22.1 Å². The summed E-state index contributed by atoms with van der Waals surface area (Å²) >= 11 is 1.64. The number of esters is 1. The maximum absolute atomic E-state index is 11.6. The van der Waals surface area contributed by atoms with Crippen LogP contribution in [0.3, 0.4) is 0 Å². The molecule has 0 unspecified atom stereocenters. The van der Waals surface area contributed by atoms with Gasteiger partial charge in [0.15, 0.2) is 10.8 Å². The van der Waals surface area contributed by atoms with Crippen molar-refractivity contribution < 1.29 is 9.53 Å². The Balaban J connectivity index is 1.85. The number of carbonyl (C=O) groups is 1. The first kappa shape index (κ1) is 13.8. The second-order valence-electron chi connectivity index (χ2n) is 4.78. The molecule has 0 radical (unpaired) electrons. The predicted octanol–water partition coefficient (Wildman–Crippen LogP) is 1.96. The number of aromatic nitrogens is 3. The van der Waals surface area contributed by atoms with Crippen LogP contribution in [0.15, 0.2) is 23.7 Å². The highest BCUT2D eigenvalue weighted by Gasteiger charge is 2.20. The number of thiazole rings is 1. The first-order valence-electron chi connectivity index (χ1n) is 6.65. The maximum Gasteiger partial charge on any atom is 0.358 e. The SMILES string of the molecule is COC(=O)c1cc(C2=CCCN(c3nccs3)C2)n(C)n1. The molecule has 0 spiro atoms. The van der Waals surface area contributed by atoms with Crippen LogP contribution in [-0.2, 0) is 11.8 Å². The summed E-state index contributed by atoms with van der Waals surface area (Å²) in [6, 6.07) is 1.78. The largest absolute Gasteiger partial charge is 0.464 e. The van der Waals surface area contributed by atoms with E-state index in [2.05, 4.69) is 21.1 Å². The molecule has 0 N–H and O–H groups in total. The first-order valence-corrected chi connectivity index (χ1v) is 7.53. The molecule has 0 amide bonds. The van der Waals surface area contributed by atoms with Crippen LogP contribution in [-0.4, -0.2) is 40.9 Å². The highest BCUT2D eigenvalue weighted by Crippen LogP contribution is 2.26. The zero-order valence-electron chi connectivity index (χ0n) is 11.9. The minimum absolute atomic E-state index is 0.335. The number of aryl methyl sites for hydroxylation is 1. The van der Waals surface area contributed by atoms with Crippen LogP contribution in [0.1, 0.15) is 22.6 Å². The molecule has 0 bridgehead atoms. The van der Waals surface area contributed by atoms with Crippen LogP contribution < -0.4 is 4.90 Å². The lowest BCUT2D eigenvalue weighted by atomic mass is 10.1. The molecule has 0 fully saturated rings. The molecule has 0 aliphatic carbocycles. The van der Waals surface area contributed by atoms with Crippen molar-refractivity contribution >= 4 is 28.0 Å². The lowest BCUT2D eigenvalue weighted by molar-refractivity contribution is 0.0593. The van der Waals surface area contributed by atoms with Crippen molar-refractivity contribution in [3.8, 4) is 0 Å². The number of hydrogen-bond acceptors (Lipinski definition) is 6. The summed E-state index contributed by atoms with van der Waals surface area (Å²) < 4.78 is 6.44. The number of nitrogens with zero attached hydrogens (tertiary/aromatic N) is 4. The molecular formula is C14H16N4O2S. The zero-order chi connectivity index (χ0) is 14.8. The van der Waals surface area contributed by atoms with Gasteiger partial charge >= 0.3 is 5.97 Å². The zero-order valence-corrected chi connectivity index (χ0v) is 12.8. The molecule has 2 aromatic rings. The average molecular weight is 304 g/mol. The van der Waals surface area contributed by atoms with Gasteiger partial charge in [0, 0.05) is 31.7 Å². The van der Waals surface area contributed by atoms with Crippen LogP contribution in [0.5, 0.6) is 0 Å². The molecule has 3 heterocycles. The van der Waals surface area contributed by atoms with E-state index in [0.717, 1.165) is 35.9 Å². The fraction of sp³-hybridized carbons (Fsp3) is 0.357. The van der Waals surface area contributed by atoms with Gasteiger partial charge in [-0.2, -0.15) is 5.10 Å². The topological polar surface area (TPSA) is 60.2 Å². The Morgan fingerprint density at radius 1 is 1.48 bits per heavy atom. The van der Waals surface area contributed by atoms with E-state index in [-0.39, 0.29) is 0 Å². The molecule has 110 valence electrons. The lowest BCUT2D eigenvalue weighted by Gasteiger charge is -2.26. The molecule has 0 saturated heterocycles. The molecule has 6 nitrogen and oxygen atoms in total. The van der Waals surface area contributed by atoms with Crippen LogP contribution >= 0.6 is 11.3 Å². The Labute approximate surface area is 126 Å². The molecular weight excluding hydrogens is 288 g/mol. The minimum Gasteiger partial charge on any atom is -0.464 e. The predicted molar refractivity (Wildman–Crippen MR) is 81.5 cm³/mol. The van der Waals surface area contributed by atoms with Gasteiger partial charge in [0.05, 0.1) is 12.8 Å². The molecule has 0 atom stereocenters. The van der Waals surface area contributed by atoms with Crippen molar-refractivity contribution in [3.63, 3.8) is 0 Å². The van der Waals surface area contributed by atoms with Crippen LogP contribution in [0.25, 0.3) is 5.57 Å². The maximum atomic E-state index is 11.6. The van der Waals surface area contributed by atoms with Crippen LogP contribution in [0.4, 0.5) is 5.13 Å². The summed E-state index contributed by atoms with van der Waals surface area (Å²) in [5.74, 6) is -0.412. The third kappa shape index (κ3) is 2.69. The van der Waals surface area contributed by atoms with Gasteiger partial charge in [0.1, 0.15) is 0 Å². The van der Waals surface area contributed by atoms with Gasteiger partial charge in [-0.15, -0.1) is 11.3 Å². The van der Waals surface area contributed by atoms with E-state index >= 15 is 0 Å². The monoisotopic (exact) mass is 304 g/mol. The summed E-state index contributed by atoms with van der Waals surface area (Å²) in [7, 11) is 3.20. The van der Waals surface area contributed by atoms with Crippen LogP contribution in [0.2, 0.25) is 0 Å². The fourth-order valence-electron chi connectivity index (χ4n) is 2.44. The van der Waals surface area contributed by atoms with E-state index in [1.807, 2.05) is 18.6 Å². The van der Waals surface area contributed by atoms with Gasteiger partial charge in [-0.25, -0.2) is 9.78 Å². The van der Waals surface area contributed by atoms with Crippen molar-refractivity contribution in [2.24, 2.45) is 7.05 Å².